The van der Waals surface area contributed by atoms with Gasteiger partial charge in [0.05, 0.1) is 13.2 Å². The zero-order chi connectivity index (χ0) is 15.0. The molecule has 0 heterocycles. The third-order valence-corrected chi connectivity index (χ3v) is 4.77. The highest BCUT2D eigenvalue weighted by Gasteiger charge is 2.50. The van der Waals surface area contributed by atoms with Crippen LogP contribution in [0.15, 0.2) is 18.2 Å². The smallest absolute Gasteiger partial charge is 0.165 e. The third kappa shape index (κ3) is 2.54. The highest BCUT2D eigenvalue weighted by Crippen LogP contribution is 2.50. The third-order valence-electron chi connectivity index (χ3n) is 4.77. The Labute approximate surface area is 119 Å². The number of benzene rings is 1. The van der Waals surface area contributed by atoms with Crippen molar-refractivity contribution < 1.29 is 14.2 Å². The van der Waals surface area contributed by atoms with E-state index in [0.29, 0.717) is 13.0 Å². The second-order valence-corrected chi connectivity index (χ2v) is 6.60. The van der Waals surface area contributed by atoms with Crippen LogP contribution in [0.5, 0.6) is 5.75 Å². The molecule has 1 aliphatic rings. The number of aliphatic hydroxyl groups is 1. The number of hydrogen-bond acceptors (Lipinski definition) is 3. The van der Waals surface area contributed by atoms with Gasteiger partial charge in [-0.25, -0.2) is 4.39 Å². The molecular weight excluding hydrogens is 257 g/mol. The second-order valence-electron chi connectivity index (χ2n) is 6.60. The van der Waals surface area contributed by atoms with Gasteiger partial charge in [-0.2, -0.15) is 0 Å². The molecule has 2 unspecified atom stereocenters. The number of hydrogen-bond donors (Lipinski definition) is 2. The average molecular weight is 281 g/mol. The zero-order valence-corrected chi connectivity index (χ0v) is 12.4. The van der Waals surface area contributed by atoms with E-state index < -0.39 is 6.10 Å². The topological polar surface area (TPSA) is 55.5 Å². The summed E-state index contributed by atoms with van der Waals surface area (Å²) in [5.41, 5.74) is 6.31. The molecule has 1 aliphatic carbocycles. The van der Waals surface area contributed by atoms with E-state index >= 15 is 0 Å². The van der Waals surface area contributed by atoms with E-state index in [2.05, 4.69) is 13.8 Å². The minimum atomic E-state index is -0.467. The summed E-state index contributed by atoms with van der Waals surface area (Å²) in [4.78, 5) is 0. The first-order valence-electron chi connectivity index (χ1n) is 7.05. The van der Waals surface area contributed by atoms with Gasteiger partial charge in [0.25, 0.3) is 0 Å². The molecule has 0 saturated heterocycles. The summed E-state index contributed by atoms with van der Waals surface area (Å²) in [6.07, 6.45) is 1.93. The van der Waals surface area contributed by atoms with Gasteiger partial charge in [-0.3, -0.25) is 0 Å². The van der Waals surface area contributed by atoms with E-state index in [9.17, 15) is 9.50 Å². The van der Waals surface area contributed by atoms with Crippen LogP contribution in [0, 0.1) is 16.6 Å². The molecule has 1 saturated carbocycles. The van der Waals surface area contributed by atoms with Gasteiger partial charge in [-0.05, 0) is 42.4 Å². The molecule has 3 nitrogen and oxygen atoms in total. The lowest BCUT2D eigenvalue weighted by atomic mass is 9.74. The van der Waals surface area contributed by atoms with Gasteiger partial charge in [-0.1, -0.05) is 19.9 Å². The Kier molecular flexibility index (Phi) is 4.07. The van der Waals surface area contributed by atoms with Crippen molar-refractivity contribution in [1.29, 1.82) is 0 Å². The van der Waals surface area contributed by atoms with Crippen molar-refractivity contribution in [3.8, 4) is 5.75 Å². The normalized spacial score (nSPS) is 28.6. The summed E-state index contributed by atoms with van der Waals surface area (Å²) < 4.78 is 18.7. The van der Waals surface area contributed by atoms with Crippen LogP contribution in [-0.2, 0) is 6.42 Å². The van der Waals surface area contributed by atoms with E-state index in [1.807, 2.05) is 6.07 Å². The van der Waals surface area contributed by atoms with Crippen molar-refractivity contribution >= 4 is 0 Å². The molecule has 112 valence electrons. The molecule has 0 aliphatic heterocycles. The van der Waals surface area contributed by atoms with E-state index in [0.717, 1.165) is 18.4 Å². The van der Waals surface area contributed by atoms with Crippen LogP contribution in [0.2, 0.25) is 0 Å². The van der Waals surface area contributed by atoms with Crippen LogP contribution in [-0.4, -0.2) is 24.9 Å². The maximum atomic E-state index is 13.8. The van der Waals surface area contributed by atoms with Crippen molar-refractivity contribution in [2.45, 2.75) is 39.2 Å². The minimum Gasteiger partial charge on any atom is -0.494 e. The van der Waals surface area contributed by atoms with Crippen molar-refractivity contribution in [2.75, 3.05) is 13.7 Å². The molecule has 1 aromatic carbocycles. The number of aliphatic hydroxyl groups excluding tert-OH is 1. The van der Waals surface area contributed by atoms with E-state index in [1.165, 1.54) is 13.2 Å². The summed E-state index contributed by atoms with van der Waals surface area (Å²) in [6.45, 7) is 4.53. The Balaban J connectivity index is 2.25. The lowest BCUT2D eigenvalue weighted by molar-refractivity contribution is -0.00467. The van der Waals surface area contributed by atoms with Crippen LogP contribution in [0.3, 0.4) is 0 Å². The average Bonchev–Trinajstić information content (AvgIpc) is 2.64. The minimum absolute atomic E-state index is 0.135. The Bertz CT molecular complexity index is 489. The van der Waals surface area contributed by atoms with Crippen LogP contribution >= 0.6 is 0 Å². The van der Waals surface area contributed by atoms with Gasteiger partial charge < -0.3 is 15.6 Å². The predicted molar refractivity (Wildman–Crippen MR) is 77.2 cm³/mol. The fourth-order valence-electron chi connectivity index (χ4n) is 3.37. The molecule has 4 heteroatoms. The standard InChI is InChI=1S/C16H24FNO2/c1-15(2)6-7-16(10-18,14(15)19)9-11-4-5-13(20-3)12(17)8-11/h4-5,8,14,19H,6-7,9-10,18H2,1-3H3. The molecule has 2 atom stereocenters. The Morgan fingerprint density at radius 1 is 1.40 bits per heavy atom. The number of rotatable bonds is 4. The fraction of sp³-hybridized carbons (Fsp3) is 0.625. The lowest BCUT2D eigenvalue weighted by Crippen LogP contribution is -2.44. The summed E-state index contributed by atoms with van der Waals surface area (Å²) in [5.74, 6) is -0.133. The first kappa shape index (κ1) is 15.3. The highest BCUT2D eigenvalue weighted by atomic mass is 19.1. The van der Waals surface area contributed by atoms with Gasteiger partial charge in [0.15, 0.2) is 11.6 Å². The summed E-state index contributed by atoms with van der Waals surface area (Å²) in [5, 5.41) is 10.6. The van der Waals surface area contributed by atoms with Crippen LogP contribution < -0.4 is 10.5 Å². The zero-order valence-electron chi connectivity index (χ0n) is 12.4. The van der Waals surface area contributed by atoms with Gasteiger partial charge in [0, 0.05) is 12.0 Å². The Hall–Kier alpha value is -1.13. The number of methoxy groups -OCH3 is 1. The maximum absolute atomic E-state index is 13.8. The fourth-order valence-corrected chi connectivity index (χ4v) is 3.37. The molecular formula is C16H24FNO2. The summed E-state index contributed by atoms with van der Waals surface area (Å²) in [6, 6.07) is 4.95. The molecule has 2 rings (SSSR count). The molecule has 0 aromatic heterocycles. The molecule has 0 amide bonds. The molecule has 1 fully saturated rings. The van der Waals surface area contributed by atoms with Gasteiger partial charge in [0.1, 0.15) is 0 Å². The van der Waals surface area contributed by atoms with Crippen molar-refractivity contribution in [1.82, 2.24) is 0 Å². The number of nitrogens with two attached hydrogens (primary N) is 1. The van der Waals surface area contributed by atoms with Crippen molar-refractivity contribution in [3.63, 3.8) is 0 Å². The van der Waals surface area contributed by atoms with E-state index in [1.54, 1.807) is 6.07 Å². The monoisotopic (exact) mass is 281 g/mol. The summed E-state index contributed by atoms with van der Waals surface area (Å²) >= 11 is 0. The van der Waals surface area contributed by atoms with Gasteiger partial charge in [0.2, 0.25) is 0 Å². The first-order chi connectivity index (χ1) is 9.34. The molecule has 0 spiro atoms. The van der Waals surface area contributed by atoms with E-state index in [-0.39, 0.29) is 22.4 Å². The number of halogens is 1. The molecule has 1 aromatic rings. The van der Waals surface area contributed by atoms with E-state index in [4.69, 9.17) is 10.5 Å². The van der Waals surface area contributed by atoms with Crippen LogP contribution in [0.4, 0.5) is 4.39 Å². The molecule has 20 heavy (non-hydrogen) atoms. The molecule has 0 bridgehead atoms. The Morgan fingerprint density at radius 3 is 2.55 bits per heavy atom. The quantitative estimate of drug-likeness (QED) is 0.891. The molecule has 0 radical (unpaired) electrons. The van der Waals surface area contributed by atoms with Crippen LogP contribution in [0.25, 0.3) is 0 Å². The SMILES string of the molecule is COc1ccc(CC2(CN)CCC(C)(C)C2O)cc1F. The van der Waals surface area contributed by atoms with Gasteiger partial charge in [-0.15, -0.1) is 0 Å². The lowest BCUT2D eigenvalue weighted by Gasteiger charge is -2.36. The van der Waals surface area contributed by atoms with Gasteiger partial charge >= 0.3 is 0 Å². The first-order valence-corrected chi connectivity index (χ1v) is 7.05. The Morgan fingerprint density at radius 2 is 2.10 bits per heavy atom. The van der Waals surface area contributed by atoms with Crippen molar-refractivity contribution in [3.05, 3.63) is 29.6 Å². The van der Waals surface area contributed by atoms with Crippen molar-refractivity contribution in [2.24, 2.45) is 16.6 Å². The number of ether oxygens (including phenoxy) is 1. The second kappa shape index (κ2) is 5.34. The van der Waals surface area contributed by atoms with Crippen LogP contribution in [0.1, 0.15) is 32.3 Å². The molecule has 3 N–H and O–H groups in total. The maximum Gasteiger partial charge on any atom is 0.165 e. The largest absolute Gasteiger partial charge is 0.494 e. The summed E-state index contributed by atoms with van der Waals surface area (Å²) in [7, 11) is 1.45. The highest BCUT2D eigenvalue weighted by molar-refractivity contribution is 5.30. The predicted octanol–water partition coefficient (Wildman–Crippen LogP) is 2.50.